The standard InChI is InChI=1S/C14H17NO/c1-4-10-7-6-8-11-12(13(16)5-2)9-15(3)14(10)11/h6-9H,4-5H2,1-3H3. The molecular weight excluding hydrogens is 198 g/mol. The molecule has 0 N–H and O–H groups in total. The van der Waals surface area contributed by atoms with Crippen LogP contribution in [-0.4, -0.2) is 10.4 Å². The van der Waals surface area contributed by atoms with Gasteiger partial charge < -0.3 is 4.57 Å². The smallest absolute Gasteiger partial charge is 0.164 e. The number of nitrogens with zero attached hydrogens (tertiary/aromatic N) is 1. The molecule has 0 aliphatic carbocycles. The quantitative estimate of drug-likeness (QED) is 0.720. The lowest BCUT2D eigenvalue weighted by Crippen LogP contribution is -1.94. The predicted octanol–water partition coefficient (Wildman–Crippen LogP) is 3.33. The van der Waals surface area contributed by atoms with Crippen LogP contribution in [0.4, 0.5) is 0 Å². The number of carbonyl (C=O) groups is 1. The van der Waals surface area contributed by atoms with Gasteiger partial charge in [0.1, 0.15) is 0 Å². The number of aromatic nitrogens is 1. The zero-order valence-electron chi connectivity index (χ0n) is 10.1. The van der Waals surface area contributed by atoms with E-state index in [1.165, 1.54) is 11.1 Å². The van der Waals surface area contributed by atoms with Gasteiger partial charge in [0.2, 0.25) is 0 Å². The fourth-order valence-corrected chi connectivity index (χ4v) is 2.25. The second kappa shape index (κ2) is 4.12. The third-order valence-electron chi connectivity index (χ3n) is 3.09. The van der Waals surface area contributed by atoms with Crippen molar-refractivity contribution in [2.45, 2.75) is 26.7 Å². The maximum atomic E-state index is 11.8. The van der Waals surface area contributed by atoms with Crippen molar-refractivity contribution in [2.75, 3.05) is 0 Å². The highest BCUT2D eigenvalue weighted by atomic mass is 16.1. The molecule has 0 amide bonds. The summed E-state index contributed by atoms with van der Waals surface area (Å²) in [5.41, 5.74) is 3.35. The number of carbonyl (C=O) groups excluding carboxylic acids is 1. The first kappa shape index (κ1) is 10.9. The molecule has 1 aromatic heterocycles. The average molecular weight is 215 g/mol. The lowest BCUT2D eigenvalue weighted by atomic mass is 10.0. The molecule has 0 aliphatic heterocycles. The van der Waals surface area contributed by atoms with E-state index in [9.17, 15) is 4.79 Å². The molecule has 2 rings (SSSR count). The van der Waals surface area contributed by atoms with E-state index >= 15 is 0 Å². The van der Waals surface area contributed by atoms with E-state index in [0.717, 1.165) is 17.4 Å². The normalized spacial score (nSPS) is 10.9. The second-order valence-electron chi connectivity index (χ2n) is 4.10. The Morgan fingerprint density at radius 2 is 2.06 bits per heavy atom. The van der Waals surface area contributed by atoms with Gasteiger partial charge in [0, 0.05) is 30.6 Å². The van der Waals surface area contributed by atoms with Crippen molar-refractivity contribution in [1.29, 1.82) is 0 Å². The molecule has 1 heterocycles. The SMILES string of the molecule is CCC(=O)c1cn(C)c2c(CC)cccc12. The Balaban J connectivity index is 2.76. The summed E-state index contributed by atoms with van der Waals surface area (Å²) in [5.74, 6) is 0.221. The molecule has 84 valence electrons. The van der Waals surface area contributed by atoms with Crippen molar-refractivity contribution < 1.29 is 4.79 Å². The summed E-state index contributed by atoms with van der Waals surface area (Å²) in [4.78, 5) is 11.8. The maximum absolute atomic E-state index is 11.8. The fraction of sp³-hybridized carbons (Fsp3) is 0.357. The van der Waals surface area contributed by atoms with Gasteiger partial charge in [-0.1, -0.05) is 32.0 Å². The Morgan fingerprint density at radius 1 is 1.31 bits per heavy atom. The van der Waals surface area contributed by atoms with Crippen LogP contribution in [0.2, 0.25) is 0 Å². The summed E-state index contributed by atoms with van der Waals surface area (Å²) in [7, 11) is 2.01. The summed E-state index contributed by atoms with van der Waals surface area (Å²) in [6.45, 7) is 4.05. The Bertz CT molecular complexity index is 537. The third-order valence-corrected chi connectivity index (χ3v) is 3.09. The number of Topliss-reactive ketones (excluding diaryl/α,β-unsaturated/α-hetero) is 1. The van der Waals surface area contributed by atoms with Crippen molar-refractivity contribution in [3.8, 4) is 0 Å². The minimum atomic E-state index is 0.221. The minimum Gasteiger partial charge on any atom is -0.350 e. The van der Waals surface area contributed by atoms with E-state index in [4.69, 9.17) is 0 Å². The number of ketones is 1. The molecule has 0 atom stereocenters. The van der Waals surface area contributed by atoms with E-state index in [1.807, 2.05) is 32.3 Å². The van der Waals surface area contributed by atoms with Crippen LogP contribution in [0.5, 0.6) is 0 Å². The molecule has 2 heteroatoms. The van der Waals surface area contributed by atoms with Crippen molar-refractivity contribution in [3.05, 3.63) is 35.5 Å². The Labute approximate surface area is 95.9 Å². The zero-order chi connectivity index (χ0) is 11.7. The first-order valence-corrected chi connectivity index (χ1v) is 5.79. The van der Waals surface area contributed by atoms with Crippen LogP contribution >= 0.6 is 0 Å². The third kappa shape index (κ3) is 1.54. The monoisotopic (exact) mass is 215 g/mol. The molecular formula is C14H17NO. The molecule has 16 heavy (non-hydrogen) atoms. The zero-order valence-corrected chi connectivity index (χ0v) is 10.1. The van der Waals surface area contributed by atoms with Gasteiger partial charge >= 0.3 is 0 Å². The van der Waals surface area contributed by atoms with Crippen LogP contribution < -0.4 is 0 Å². The summed E-state index contributed by atoms with van der Waals surface area (Å²) >= 11 is 0. The highest BCUT2D eigenvalue weighted by molar-refractivity contribution is 6.08. The van der Waals surface area contributed by atoms with Crippen molar-refractivity contribution in [2.24, 2.45) is 7.05 Å². The number of fused-ring (bicyclic) bond motifs is 1. The van der Waals surface area contributed by atoms with Crippen molar-refractivity contribution >= 4 is 16.7 Å². The average Bonchev–Trinajstić information content (AvgIpc) is 2.66. The molecule has 2 aromatic rings. The molecule has 0 saturated carbocycles. The van der Waals surface area contributed by atoms with Crippen molar-refractivity contribution in [3.63, 3.8) is 0 Å². The second-order valence-corrected chi connectivity index (χ2v) is 4.10. The Morgan fingerprint density at radius 3 is 2.69 bits per heavy atom. The molecule has 0 fully saturated rings. The topological polar surface area (TPSA) is 22.0 Å². The predicted molar refractivity (Wildman–Crippen MR) is 66.9 cm³/mol. The van der Waals surface area contributed by atoms with Crippen molar-refractivity contribution in [1.82, 2.24) is 4.57 Å². The Kier molecular flexibility index (Phi) is 2.82. The van der Waals surface area contributed by atoms with Gasteiger partial charge in [0.15, 0.2) is 5.78 Å². The minimum absolute atomic E-state index is 0.221. The molecule has 2 nitrogen and oxygen atoms in total. The fourth-order valence-electron chi connectivity index (χ4n) is 2.25. The van der Waals surface area contributed by atoms with Gasteiger partial charge in [-0.25, -0.2) is 0 Å². The van der Waals surface area contributed by atoms with E-state index in [-0.39, 0.29) is 5.78 Å². The molecule has 1 aromatic carbocycles. The van der Waals surface area contributed by atoms with Gasteiger partial charge in [0.05, 0.1) is 5.52 Å². The number of hydrogen-bond donors (Lipinski definition) is 0. The van der Waals surface area contributed by atoms with E-state index in [1.54, 1.807) is 0 Å². The first-order chi connectivity index (χ1) is 7.69. The number of aryl methyl sites for hydroxylation is 2. The summed E-state index contributed by atoms with van der Waals surface area (Å²) < 4.78 is 2.07. The largest absolute Gasteiger partial charge is 0.350 e. The van der Waals surface area contributed by atoms with Gasteiger partial charge in [-0.05, 0) is 12.0 Å². The molecule has 0 aliphatic rings. The van der Waals surface area contributed by atoms with Crippen LogP contribution in [0.1, 0.15) is 36.2 Å². The summed E-state index contributed by atoms with van der Waals surface area (Å²) in [5, 5.41) is 1.09. The van der Waals surface area contributed by atoms with E-state index < -0.39 is 0 Å². The van der Waals surface area contributed by atoms with E-state index in [2.05, 4.69) is 17.6 Å². The lowest BCUT2D eigenvalue weighted by Gasteiger charge is -2.02. The maximum Gasteiger partial charge on any atom is 0.164 e. The van der Waals surface area contributed by atoms with Crippen LogP contribution in [0.3, 0.4) is 0 Å². The van der Waals surface area contributed by atoms with Crippen LogP contribution in [-0.2, 0) is 13.5 Å². The van der Waals surface area contributed by atoms with Crippen LogP contribution in [0.15, 0.2) is 24.4 Å². The molecule has 0 saturated heterocycles. The molecule has 0 bridgehead atoms. The number of rotatable bonds is 3. The highest BCUT2D eigenvalue weighted by Crippen LogP contribution is 2.25. The number of benzene rings is 1. The Hall–Kier alpha value is -1.57. The van der Waals surface area contributed by atoms with E-state index in [0.29, 0.717) is 6.42 Å². The number of para-hydroxylation sites is 1. The van der Waals surface area contributed by atoms with Gasteiger partial charge in [-0.2, -0.15) is 0 Å². The molecule has 0 radical (unpaired) electrons. The van der Waals surface area contributed by atoms with Gasteiger partial charge in [0.25, 0.3) is 0 Å². The number of hydrogen-bond acceptors (Lipinski definition) is 1. The first-order valence-electron chi connectivity index (χ1n) is 5.79. The van der Waals surface area contributed by atoms with Gasteiger partial charge in [-0.15, -0.1) is 0 Å². The lowest BCUT2D eigenvalue weighted by molar-refractivity contribution is 0.0989. The van der Waals surface area contributed by atoms with Crippen LogP contribution in [0, 0.1) is 0 Å². The van der Waals surface area contributed by atoms with Crippen LogP contribution in [0.25, 0.3) is 10.9 Å². The highest BCUT2D eigenvalue weighted by Gasteiger charge is 2.13. The molecule has 0 unspecified atom stereocenters. The van der Waals surface area contributed by atoms with Gasteiger partial charge in [-0.3, -0.25) is 4.79 Å². The summed E-state index contributed by atoms with van der Waals surface area (Å²) in [6.07, 6.45) is 3.51. The molecule has 0 spiro atoms. The summed E-state index contributed by atoms with van der Waals surface area (Å²) in [6, 6.07) is 6.20.